The molecular formula is C21H23BrN2O5S. The van der Waals surface area contributed by atoms with Crippen LogP contribution in [0.1, 0.15) is 24.0 Å². The standard InChI is InChI=1S/C21H23BrN2O5S/c22-18-4-1-15(2-5-18)13-30(26,27)24-9-7-17(8-10-24)21(25)23-12-16-3-6-19-20(11-16)29-14-28-19/h1-6,11,17H,7-10,12-14H2,(H,23,25). The lowest BCUT2D eigenvalue weighted by atomic mass is 9.97. The van der Waals surface area contributed by atoms with Crippen LogP contribution in [-0.2, 0) is 27.1 Å². The molecule has 2 heterocycles. The van der Waals surface area contributed by atoms with E-state index in [4.69, 9.17) is 9.47 Å². The summed E-state index contributed by atoms with van der Waals surface area (Å²) in [5.41, 5.74) is 1.68. The lowest BCUT2D eigenvalue weighted by Gasteiger charge is -2.30. The van der Waals surface area contributed by atoms with Crippen LogP contribution in [-0.4, -0.2) is 38.5 Å². The Morgan fingerprint density at radius 3 is 2.43 bits per heavy atom. The number of carbonyl (C=O) groups is 1. The summed E-state index contributed by atoms with van der Waals surface area (Å²) in [6.45, 7) is 1.34. The fourth-order valence-corrected chi connectivity index (χ4v) is 5.49. The minimum Gasteiger partial charge on any atom is -0.454 e. The van der Waals surface area contributed by atoms with E-state index in [9.17, 15) is 13.2 Å². The topological polar surface area (TPSA) is 84.9 Å². The van der Waals surface area contributed by atoms with Crippen molar-refractivity contribution in [1.82, 2.24) is 9.62 Å². The summed E-state index contributed by atoms with van der Waals surface area (Å²) >= 11 is 3.35. The molecular weight excluding hydrogens is 472 g/mol. The number of ether oxygens (including phenoxy) is 2. The highest BCUT2D eigenvalue weighted by Crippen LogP contribution is 2.32. The Balaban J connectivity index is 1.27. The molecule has 0 atom stereocenters. The first kappa shape index (κ1) is 21.1. The predicted octanol–water partition coefficient (Wildman–Crippen LogP) is 3.04. The highest BCUT2D eigenvalue weighted by atomic mass is 79.9. The summed E-state index contributed by atoms with van der Waals surface area (Å²) in [6, 6.07) is 12.9. The zero-order valence-electron chi connectivity index (χ0n) is 16.3. The van der Waals surface area contributed by atoms with E-state index in [1.165, 1.54) is 4.31 Å². The summed E-state index contributed by atoms with van der Waals surface area (Å²) in [5.74, 6) is 1.14. The van der Waals surface area contributed by atoms with E-state index in [0.29, 0.717) is 44.0 Å². The van der Waals surface area contributed by atoms with Crippen molar-refractivity contribution in [1.29, 1.82) is 0 Å². The molecule has 160 valence electrons. The molecule has 0 bridgehead atoms. The van der Waals surface area contributed by atoms with Crippen LogP contribution in [0.15, 0.2) is 46.9 Å². The van der Waals surface area contributed by atoms with Crippen LogP contribution in [0.25, 0.3) is 0 Å². The van der Waals surface area contributed by atoms with Crippen LogP contribution in [0.5, 0.6) is 11.5 Å². The van der Waals surface area contributed by atoms with E-state index in [2.05, 4.69) is 21.2 Å². The molecule has 2 aromatic carbocycles. The zero-order chi connectivity index (χ0) is 21.1. The predicted molar refractivity (Wildman–Crippen MR) is 115 cm³/mol. The van der Waals surface area contributed by atoms with E-state index >= 15 is 0 Å². The molecule has 30 heavy (non-hydrogen) atoms. The maximum atomic E-state index is 12.7. The molecule has 0 aliphatic carbocycles. The molecule has 0 aromatic heterocycles. The molecule has 1 amide bonds. The highest BCUT2D eigenvalue weighted by Gasteiger charge is 2.31. The molecule has 0 saturated carbocycles. The SMILES string of the molecule is O=C(NCc1ccc2c(c1)OCO2)C1CCN(S(=O)(=O)Cc2ccc(Br)cc2)CC1. The first-order chi connectivity index (χ1) is 14.4. The van der Waals surface area contributed by atoms with Crippen LogP contribution in [0.2, 0.25) is 0 Å². The van der Waals surface area contributed by atoms with Crippen LogP contribution >= 0.6 is 15.9 Å². The van der Waals surface area contributed by atoms with Gasteiger partial charge in [0.1, 0.15) is 0 Å². The van der Waals surface area contributed by atoms with E-state index < -0.39 is 10.0 Å². The molecule has 1 N–H and O–H groups in total. The van der Waals surface area contributed by atoms with Gasteiger partial charge < -0.3 is 14.8 Å². The molecule has 7 nitrogen and oxygen atoms in total. The minimum absolute atomic E-state index is 0.0265. The molecule has 0 spiro atoms. The van der Waals surface area contributed by atoms with Crippen molar-refractivity contribution in [3.8, 4) is 11.5 Å². The van der Waals surface area contributed by atoms with Gasteiger partial charge in [0.2, 0.25) is 22.7 Å². The van der Waals surface area contributed by atoms with Gasteiger partial charge >= 0.3 is 0 Å². The average Bonchev–Trinajstić information content (AvgIpc) is 3.21. The van der Waals surface area contributed by atoms with Gasteiger partial charge in [0.05, 0.1) is 5.75 Å². The van der Waals surface area contributed by atoms with Gasteiger partial charge in [-0.3, -0.25) is 4.79 Å². The van der Waals surface area contributed by atoms with Crippen molar-refractivity contribution in [2.45, 2.75) is 25.1 Å². The van der Waals surface area contributed by atoms with Gasteiger partial charge in [0.15, 0.2) is 11.5 Å². The Morgan fingerprint density at radius 1 is 1.03 bits per heavy atom. The molecule has 4 rings (SSSR count). The average molecular weight is 495 g/mol. The Hall–Kier alpha value is -2.10. The van der Waals surface area contributed by atoms with Crippen molar-refractivity contribution in [2.24, 2.45) is 5.92 Å². The normalized spacial score (nSPS) is 17.1. The summed E-state index contributed by atoms with van der Waals surface area (Å²) < 4.78 is 38.5. The summed E-state index contributed by atoms with van der Waals surface area (Å²) in [7, 11) is -3.40. The van der Waals surface area contributed by atoms with Crippen LogP contribution in [0.3, 0.4) is 0 Å². The number of halogens is 1. The van der Waals surface area contributed by atoms with Crippen LogP contribution < -0.4 is 14.8 Å². The van der Waals surface area contributed by atoms with Gasteiger partial charge in [-0.2, -0.15) is 0 Å². The number of fused-ring (bicyclic) bond motifs is 1. The Bertz CT molecular complexity index is 1020. The van der Waals surface area contributed by atoms with Gasteiger partial charge in [0.25, 0.3) is 0 Å². The second kappa shape index (κ2) is 8.95. The van der Waals surface area contributed by atoms with Crippen molar-refractivity contribution in [2.75, 3.05) is 19.9 Å². The van der Waals surface area contributed by atoms with Crippen molar-refractivity contribution in [3.63, 3.8) is 0 Å². The van der Waals surface area contributed by atoms with Crippen LogP contribution in [0.4, 0.5) is 0 Å². The van der Waals surface area contributed by atoms with Gasteiger partial charge in [-0.25, -0.2) is 12.7 Å². The third kappa shape index (κ3) is 4.96. The fraction of sp³-hybridized carbons (Fsp3) is 0.381. The second-order valence-electron chi connectivity index (χ2n) is 7.46. The van der Waals surface area contributed by atoms with Crippen molar-refractivity contribution in [3.05, 3.63) is 58.1 Å². The summed E-state index contributed by atoms with van der Waals surface area (Å²) in [4.78, 5) is 12.5. The first-order valence-electron chi connectivity index (χ1n) is 9.79. The van der Waals surface area contributed by atoms with E-state index in [-0.39, 0.29) is 24.4 Å². The number of rotatable bonds is 6. The molecule has 2 aliphatic heterocycles. The number of sulfonamides is 1. The quantitative estimate of drug-likeness (QED) is 0.666. The lowest BCUT2D eigenvalue weighted by molar-refractivity contribution is -0.126. The monoisotopic (exact) mass is 494 g/mol. The molecule has 9 heteroatoms. The van der Waals surface area contributed by atoms with Crippen molar-refractivity contribution < 1.29 is 22.7 Å². The number of amides is 1. The molecule has 1 saturated heterocycles. The van der Waals surface area contributed by atoms with Gasteiger partial charge in [-0.15, -0.1) is 0 Å². The number of carbonyl (C=O) groups excluding carboxylic acids is 1. The van der Waals surface area contributed by atoms with Crippen molar-refractivity contribution >= 4 is 31.9 Å². The van der Waals surface area contributed by atoms with Gasteiger partial charge in [-0.1, -0.05) is 34.1 Å². The number of piperidine rings is 1. The van der Waals surface area contributed by atoms with E-state index in [1.807, 2.05) is 30.3 Å². The summed E-state index contributed by atoms with van der Waals surface area (Å²) in [6.07, 6.45) is 1.04. The molecule has 2 aromatic rings. The molecule has 1 fully saturated rings. The Kier molecular flexibility index (Phi) is 6.31. The lowest BCUT2D eigenvalue weighted by Crippen LogP contribution is -2.43. The highest BCUT2D eigenvalue weighted by molar-refractivity contribution is 9.10. The zero-order valence-corrected chi connectivity index (χ0v) is 18.7. The number of nitrogens with zero attached hydrogens (tertiary/aromatic N) is 1. The van der Waals surface area contributed by atoms with E-state index in [1.54, 1.807) is 12.1 Å². The Labute approximate surface area is 184 Å². The second-order valence-corrected chi connectivity index (χ2v) is 10.3. The molecule has 0 unspecified atom stereocenters. The fourth-order valence-electron chi connectivity index (χ4n) is 3.66. The minimum atomic E-state index is -3.40. The number of benzene rings is 2. The third-order valence-corrected chi connectivity index (χ3v) is 7.76. The number of hydrogen-bond donors (Lipinski definition) is 1. The molecule has 2 aliphatic rings. The maximum Gasteiger partial charge on any atom is 0.231 e. The largest absolute Gasteiger partial charge is 0.454 e. The Morgan fingerprint density at radius 2 is 1.70 bits per heavy atom. The smallest absolute Gasteiger partial charge is 0.231 e. The van der Waals surface area contributed by atoms with Gasteiger partial charge in [0, 0.05) is 30.0 Å². The van der Waals surface area contributed by atoms with Gasteiger partial charge in [-0.05, 0) is 48.2 Å². The number of hydrogen-bond acceptors (Lipinski definition) is 5. The molecule has 0 radical (unpaired) electrons. The van der Waals surface area contributed by atoms with Crippen LogP contribution in [0, 0.1) is 5.92 Å². The maximum absolute atomic E-state index is 12.7. The number of nitrogens with one attached hydrogen (secondary N) is 1. The first-order valence-corrected chi connectivity index (χ1v) is 12.2. The summed E-state index contributed by atoms with van der Waals surface area (Å²) in [5, 5.41) is 2.95. The third-order valence-electron chi connectivity index (χ3n) is 5.38. The van der Waals surface area contributed by atoms with E-state index in [0.717, 1.165) is 15.6 Å².